The summed E-state index contributed by atoms with van der Waals surface area (Å²) in [5.41, 5.74) is 5.03. The third kappa shape index (κ3) is 5.67. The van der Waals surface area contributed by atoms with Crippen LogP contribution in [-0.2, 0) is 10.8 Å². The third-order valence-corrected chi connectivity index (χ3v) is 9.49. The predicted molar refractivity (Wildman–Crippen MR) is 133 cm³/mol. The van der Waals surface area contributed by atoms with Crippen LogP contribution in [0.2, 0.25) is 0 Å². The highest BCUT2D eigenvalue weighted by atomic mass is 32.2. The first-order chi connectivity index (χ1) is 14.5. The fraction of sp³-hybridized carbons (Fsp3) is 0.714. The van der Waals surface area contributed by atoms with Crippen LogP contribution in [0.3, 0.4) is 0 Å². The smallest absolute Gasteiger partial charge is 0.0452 e. The van der Waals surface area contributed by atoms with Gasteiger partial charge in [0, 0.05) is 16.6 Å². The van der Waals surface area contributed by atoms with Crippen LogP contribution in [0.25, 0.3) is 0 Å². The molecule has 3 rings (SSSR count). The van der Waals surface area contributed by atoms with Crippen LogP contribution in [0.15, 0.2) is 46.9 Å². The second-order valence-corrected chi connectivity index (χ2v) is 11.8. The molecule has 0 saturated heterocycles. The lowest BCUT2D eigenvalue weighted by Crippen LogP contribution is -2.35. The lowest BCUT2D eigenvalue weighted by atomic mass is 9.61. The molecule has 0 aromatic heterocycles. The Morgan fingerprint density at radius 1 is 1.17 bits per heavy atom. The average molecular weight is 429 g/mol. The van der Waals surface area contributed by atoms with E-state index in [0.717, 1.165) is 36.9 Å². The fourth-order valence-electron chi connectivity index (χ4n) is 6.51. The first-order valence-corrected chi connectivity index (χ1v) is 14.0. The quantitative estimate of drug-likeness (QED) is 0.380. The third-order valence-electron chi connectivity index (χ3n) is 8.31. The minimum Gasteiger partial charge on any atom is -0.255 e. The minimum absolute atomic E-state index is 0.445. The van der Waals surface area contributed by atoms with Crippen molar-refractivity contribution in [2.45, 2.75) is 97.8 Å². The van der Waals surface area contributed by atoms with Gasteiger partial charge < -0.3 is 0 Å². The zero-order chi connectivity index (χ0) is 21.6. The van der Waals surface area contributed by atoms with Gasteiger partial charge in [-0.15, -0.1) is 0 Å². The van der Waals surface area contributed by atoms with Gasteiger partial charge in [0.15, 0.2) is 0 Å². The molecule has 30 heavy (non-hydrogen) atoms. The molecule has 0 N–H and O–H groups in total. The van der Waals surface area contributed by atoms with Crippen molar-refractivity contribution in [3.8, 4) is 0 Å². The molecule has 0 aliphatic heterocycles. The zero-order valence-corrected chi connectivity index (χ0v) is 20.6. The zero-order valence-electron chi connectivity index (χ0n) is 19.8. The number of fused-ring (bicyclic) bond motifs is 1. The fourth-order valence-corrected chi connectivity index (χ4v) is 7.55. The van der Waals surface area contributed by atoms with Gasteiger partial charge in [-0.25, -0.2) is 0 Å². The van der Waals surface area contributed by atoms with Gasteiger partial charge in [0.25, 0.3) is 0 Å². The van der Waals surface area contributed by atoms with E-state index in [1.54, 1.807) is 5.57 Å². The summed E-state index contributed by atoms with van der Waals surface area (Å²) >= 11 is 0. The molecule has 5 atom stereocenters. The van der Waals surface area contributed by atoms with E-state index in [2.05, 4.69) is 45.6 Å². The van der Waals surface area contributed by atoms with Gasteiger partial charge in [-0.05, 0) is 105 Å². The molecule has 0 bridgehead atoms. The van der Waals surface area contributed by atoms with Gasteiger partial charge >= 0.3 is 0 Å². The van der Waals surface area contributed by atoms with Gasteiger partial charge in [-0.2, -0.15) is 0 Å². The van der Waals surface area contributed by atoms with Crippen LogP contribution in [0.5, 0.6) is 0 Å². The maximum Gasteiger partial charge on any atom is 0.0452 e. The number of unbranched alkanes of at least 4 members (excludes halogenated alkanes) is 1. The van der Waals surface area contributed by atoms with E-state index in [1.165, 1.54) is 68.9 Å². The monoisotopic (exact) mass is 428 g/mol. The summed E-state index contributed by atoms with van der Waals surface area (Å²) in [7, 11) is -0.774. The van der Waals surface area contributed by atoms with E-state index in [4.69, 9.17) is 0 Å². The normalized spacial score (nSPS) is 34.6. The maximum atomic E-state index is 12.1. The molecule has 168 valence electrons. The van der Waals surface area contributed by atoms with Crippen molar-refractivity contribution in [1.82, 2.24) is 0 Å². The Labute approximate surface area is 188 Å². The Balaban J connectivity index is 1.64. The van der Waals surface area contributed by atoms with Crippen molar-refractivity contribution in [3.05, 3.63) is 46.9 Å². The molecule has 5 unspecified atom stereocenters. The van der Waals surface area contributed by atoms with E-state index in [-0.39, 0.29) is 0 Å². The number of allylic oxidation sites excluding steroid dienone is 6. The van der Waals surface area contributed by atoms with E-state index in [0.29, 0.717) is 11.3 Å². The summed E-state index contributed by atoms with van der Waals surface area (Å²) in [6.45, 7) is 11.5. The molecule has 0 spiro atoms. The van der Waals surface area contributed by atoms with Gasteiger partial charge in [-0.3, -0.25) is 4.21 Å². The van der Waals surface area contributed by atoms with Crippen LogP contribution >= 0.6 is 0 Å². The van der Waals surface area contributed by atoms with E-state index in [1.807, 2.05) is 5.41 Å². The molecule has 1 nitrogen and oxygen atoms in total. The average Bonchev–Trinajstić information content (AvgIpc) is 3.09. The summed E-state index contributed by atoms with van der Waals surface area (Å²) in [6, 6.07) is 0. The van der Waals surface area contributed by atoms with E-state index in [9.17, 15) is 4.21 Å². The van der Waals surface area contributed by atoms with Crippen LogP contribution in [-0.4, -0.2) is 9.96 Å². The topological polar surface area (TPSA) is 17.1 Å². The number of rotatable bonds is 8. The second kappa shape index (κ2) is 11.1. The van der Waals surface area contributed by atoms with Crippen molar-refractivity contribution in [2.75, 3.05) is 5.75 Å². The summed E-state index contributed by atoms with van der Waals surface area (Å²) in [6.07, 6.45) is 22.2. The van der Waals surface area contributed by atoms with Gasteiger partial charge in [0.2, 0.25) is 0 Å². The molecule has 0 radical (unpaired) electrons. The Kier molecular flexibility index (Phi) is 8.81. The molecule has 0 aromatic rings. The van der Waals surface area contributed by atoms with Crippen molar-refractivity contribution in [3.63, 3.8) is 0 Å². The van der Waals surface area contributed by atoms with Gasteiger partial charge in [0.1, 0.15) is 0 Å². The van der Waals surface area contributed by atoms with Gasteiger partial charge in [-0.1, -0.05) is 63.1 Å². The molecular formula is C28H44OS. The van der Waals surface area contributed by atoms with Gasteiger partial charge in [0.05, 0.1) is 0 Å². The summed E-state index contributed by atoms with van der Waals surface area (Å²) in [5, 5.41) is 1.97. The molecule has 3 fully saturated rings. The lowest BCUT2D eigenvalue weighted by Gasteiger charge is -2.44. The molecule has 0 amide bonds. The second-order valence-electron chi connectivity index (χ2n) is 10.4. The largest absolute Gasteiger partial charge is 0.255 e. The lowest BCUT2D eigenvalue weighted by molar-refractivity contribution is 0.0985. The Bertz CT molecular complexity index is 712. The van der Waals surface area contributed by atoms with Crippen molar-refractivity contribution < 1.29 is 4.21 Å². The maximum absolute atomic E-state index is 12.1. The van der Waals surface area contributed by atoms with Crippen molar-refractivity contribution in [2.24, 2.45) is 23.2 Å². The summed E-state index contributed by atoms with van der Waals surface area (Å²) < 4.78 is 12.1. The summed E-state index contributed by atoms with van der Waals surface area (Å²) in [4.78, 5) is 0. The van der Waals surface area contributed by atoms with E-state index >= 15 is 0 Å². The van der Waals surface area contributed by atoms with Crippen LogP contribution in [0.1, 0.15) is 97.8 Å². The standard InChI is InChI=1S/C28H44OS/c1-5-6-20-30(29)21-10-12-23(3)26-17-18-27-25(14-9-19-28(26,27)4)16-15-24-13-8-7-11-22(24)2/h10,15-16,21,23,26-27H,2,5-9,11-14,17-20H2,1,3-4H3/b21-10+,24-15-,25-16+. The number of hydrogen-bond acceptors (Lipinski definition) is 1. The minimum atomic E-state index is -0.774. The molecular weight excluding hydrogens is 384 g/mol. The first kappa shape index (κ1) is 23.8. The van der Waals surface area contributed by atoms with Crippen LogP contribution in [0, 0.1) is 23.2 Å². The SMILES string of the molecule is C=C1CCCC/C1=C/C=C1\CCCC2(C)C1CCC2C(C)C/C=C/S(=O)CCCC. The van der Waals surface area contributed by atoms with Crippen LogP contribution < -0.4 is 0 Å². The molecule has 3 saturated carbocycles. The summed E-state index contributed by atoms with van der Waals surface area (Å²) in [5.74, 6) is 3.04. The van der Waals surface area contributed by atoms with Crippen LogP contribution in [0.4, 0.5) is 0 Å². The highest BCUT2D eigenvalue weighted by Crippen LogP contribution is 2.59. The Morgan fingerprint density at radius 2 is 1.97 bits per heavy atom. The number of hydrogen-bond donors (Lipinski definition) is 0. The molecule has 2 heteroatoms. The molecule has 3 aliphatic carbocycles. The van der Waals surface area contributed by atoms with E-state index < -0.39 is 10.8 Å². The van der Waals surface area contributed by atoms with Crippen molar-refractivity contribution >= 4 is 10.8 Å². The molecule has 0 aromatic carbocycles. The predicted octanol–water partition coefficient (Wildman–Crippen LogP) is 8.27. The molecule has 0 heterocycles. The van der Waals surface area contributed by atoms with Crippen molar-refractivity contribution in [1.29, 1.82) is 0 Å². The molecule has 3 aliphatic rings. The first-order valence-electron chi connectivity index (χ1n) is 12.6. The highest BCUT2D eigenvalue weighted by molar-refractivity contribution is 7.87. The Morgan fingerprint density at radius 3 is 2.73 bits per heavy atom. The highest BCUT2D eigenvalue weighted by Gasteiger charge is 2.50. The Hall–Kier alpha value is -0.890.